The zero-order valence-corrected chi connectivity index (χ0v) is 35.4. The van der Waals surface area contributed by atoms with E-state index in [4.69, 9.17) is 0 Å². The smallest absolute Gasteiger partial charge is 0.179 e. The fourth-order valence-corrected chi connectivity index (χ4v) is 18.4. The van der Waals surface area contributed by atoms with Crippen LogP contribution >= 0.6 is 0 Å². The van der Waals surface area contributed by atoms with Crippen LogP contribution in [0.25, 0.3) is 49.3 Å². The van der Waals surface area contributed by atoms with Crippen molar-refractivity contribution in [3.8, 4) is 5.69 Å². The average Bonchev–Trinajstić information content (AvgIpc) is 3.84. The predicted molar refractivity (Wildman–Crippen MR) is 258 cm³/mol. The van der Waals surface area contributed by atoms with Gasteiger partial charge in [-0.3, -0.25) is 0 Å². The van der Waals surface area contributed by atoms with E-state index >= 15 is 0 Å². The summed E-state index contributed by atoms with van der Waals surface area (Å²) in [6, 6.07) is 78.9. The van der Waals surface area contributed by atoms with Crippen molar-refractivity contribution in [2.45, 2.75) is 37.6 Å². The first-order chi connectivity index (χ1) is 30.2. The molecule has 0 amide bonds. The van der Waals surface area contributed by atoms with Crippen LogP contribution in [0.15, 0.2) is 206 Å². The molecule has 4 aliphatic carbocycles. The Kier molecular flexibility index (Phi) is 7.85. The highest BCUT2D eigenvalue weighted by Gasteiger charge is 2.60. The summed E-state index contributed by atoms with van der Waals surface area (Å²) in [5.41, 5.74) is 7.85. The fraction of sp³-hybridized carbons (Fsp3) is 0.172. The molecule has 4 saturated carbocycles. The van der Waals surface area contributed by atoms with Crippen molar-refractivity contribution in [1.29, 1.82) is 0 Å². The summed E-state index contributed by atoms with van der Waals surface area (Å²) < 4.78 is 5.46. The lowest BCUT2D eigenvalue weighted by molar-refractivity contribution is -0.0719. The third-order valence-corrected chi connectivity index (χ3v) is 20.4. The Morgan fingerprint density at radius 1 is 0.377 bits per heavy atom. The van der Waals surface area contributed by atoms with Crippen molar-refractivity contribution in [2.24, 2.45) is 23.7 Å². The number of nitrogens with zero attached hydrogens (tertiary/aromatic N) is 2. The van der Waals surface area contributed by atoms with Crippen LogP contribution in [0.1, 0.15) is 37.7 Å². The first kappa shape index (κ1) is 35.3. The lowest BCUT2D eigenvalue weighted by atomic mass is 9.47. The zero-order chi connectivity index (χ0) is 40.1. The van der Waals surface area contributed by atoms with Crippen LogP contribution in [-0.4, -0.2) is 17.2 Å². The van der Waals surface area contributed by atoms with Gasteiger partial charge >= 0.3 is 0 Å². The number of fused-ring (bicyclic) bond motifs is 7. The van der Waals surface area contributed by atoms with Gasteiger partial charge in [-0.15, -0.1) is 0 Å². The molecule has 2 nitrogen and oxygen atoms in total. The summed E-state index contributed by atoms with van der Waals surface area (Å²) in [4.78, 5) is 0. The Bertz CT molecular complexity index is 3110. The number of aromatic nitrogens is 2. The van der Waals surface area contributed by atoms with Gasteiger partial charge in [0, 0.05) is 27.2 Å². The van der Waals surface area contributed by atoms with Gasteiger partial charge < -0.3 is 9.13 Å². The minimum Gasteiger partial charge on any atom is -0.329 e. The molecular formula is C58H48N2Si. The average molecular weight is 801 g/mol. The van der Waals surface area contributed by atoms with Gasteiger partial charge in [0.25, 0.3) is 0 Å². The van der Waals surface area contributed by atoms with E-state index in [0.29, 0.717) is 11.8 Å². The van der Waals surface area contributed by atoms with Crippen LogP contribution in [0.5, 0.6) is 0 Å². The molecule has 61 heavy (non-hydrogen) atoms. The second-order valence-electron chi connectivity index (χ2n) is 18.5. The van der Waals surface area contributed by atoms with Crippen molar-refractivity contribution in [2.75, 3.05) is 0 Å². The van der Waals surface area contributed by atoms with E-state index in [9.17, 15) is 0 Å². The van der Waals surface area contributed by atoms with Crippen molar-refractivity contribution in [3.63, 3.8) is 0 Å². The Morgan fingerprint density at radius 3 is 1.43 bits per heavy atom. The molecule has 2 aromatic heterocycles. The van der Waals surface area contributed by atoms with Crippen LogP contribution < -0.4 is 20.7 Å². The first-order valence-corrected chi connectivity index (χ1v) is 24.5. The van der Waals surface area contributed by atoms with Gasteiger partial charge in [-0.05, 0) is 112 Å². The van der Waals surface area contributed by atoms with E-state index < -0.39 is 8.07 Å². The van der Waals surface area contributed by atoms with Crippen molar-refractivity contribution in [1.82, 2.24) is 9.13 Å². The maximum atomic E-state index is 2.92. The molecular weight excluding hydrogens is 753 g/mol. The minimum atomic E-state index is -2.68. The van der Waals surface area contributed by atoms with Crippen LogP contribution in [0, 0.1) is 23.7 Å². The topological polar surface area (TPSA) is 9.86 Å². The predicted octanol–water partition coefficient (Wildman–Crippen LogP) is 11.5. The molecule has 0 saturated heterocycles. The highest BCUT2D eigenvalue weighted by atomic mass is 28.3. The lowest BCUT2D eigenvalue weighted by Gasteiger charge is -2.62. The van der Waals surface area contributed by atoms with Crippen molar-refractivity contribution >= 4 is 72.4 Å². The second kappa shape index (κ2) is 13.5. The van der Waals surface area contributed by atoms with Crippen molar-refractivity contribution in [3.05, 3.63) is 212 Å². The van der Waals surface area contributed by atoms with Crippen LogP contribution in [0.3, 0.4) is 0 Å². The van der Waals surface area contributed by atoms with Crippen molar-refractivity contribution < 1.29 is 0 Å². The Hall–Kier alpha value is -6.42. The molecule has 0 aliphatic heterocycles. The molecule has 4 aliphatic rings. The quantitative estimate of drug-likeness (QED) is 0.112. The molecule has 10 aromatic rings. The molecule has 4 fully saturated rings. The SMILES string of the molecule is c1ccc(-n2c3ccccc3c3ccc4c(c5ccccc5n4C4(c5ccc([Si](c6ccccc6)(c6ccccc6)c6ccccc6)cc5)C5CC6CC(C5)CC4C6)c32)cc1. The Balaban J connectivity index is 1.11. The largest absolute Gasteiger partial charge is 0.329 e. The van der Waals surface area contributed by atoms with E-state index in [2.05, 4.69) is 215 Å². The van der Waals surface area contributed by atoms with Gasteiger partial charge in [-0.25, -0.2) is 0 Å². The Labute approximate surface area is 358 Å². The van der Waals surface area contributed by atoms with Gasteiger partial charge in [0.2, 0.25) is 0 Å². The molecule has 3 heteroatoms. The molecule has 2 heterocycles. The number of hydrogen-bond donors (Lipinski definition) is 0. The highest BCUT2D eigenvalue weighted by molar-refractivity contribution is 7.19. The molecule has 14 rings (SSSR count). The second-order valence-corrected chi connectivity index (χ2v) is 22.3. The first-order valence-electron chi connectivity index (χ1n) is 22.5. The van der Waals surface area contributed by atoms with E-state index in [1.54, 1.807) is 0 Å². The molecule has 0 radical (unpaired) electrons. The highest BCUT2D eigenvalue weighted by Crippen LogP contribution is 2.64. The molecule has 0 atom stereocenters. The van der Waals surface area contributed by atoms with Crippen LogP contribution in [0.2, 0.25) is 0 Å². The van der Waals surface area contributed by atoms with E-state index in [-0.39, 0.29) is 5.54 Å². The van der Waals surface area contributed by atoms with Gasteiger partial charge in [-0.2, -0.15) is 0 Å². The molecule has 0 spiro atoms. The zero-order valence-electron chi connectivity index (χ0n) is 34.4. The third-order valence-electron chi connectivity index (χ3n) is 15.6. The molecule has 294 valence electrons. The summed E-state index contributed by atoms with van der Waals surface area (Å²) in [6.45, 7) is 0. The summed E-state index contributed by atoms with van der Waals surface area (Å²) in [5, 5.41) is 11.1. The normalized spacial score (nSPS) is 22.2. The Morgan fingerprint density at radius 2 is 0.852 bits per heavy atom. The summed E-state index contributed by atoms with van der Waals surface area (Å²) in [5.74, 6) is 2.82. The number of benzene rings is 8. The minimum absolute atomic E-state index is 0.166. The lowest BCUT2D eigenvalue weighted by Crippen LogP contribution is -2.74. The number of para-hydroxylation sites is 3. The number of hydrogen-bond acceptors (Lipinski definition) is 0. The number of rotatable bonds is 7. The molecule has 4 bridgehead atoms. The summed E-state index contributed by atoms with van der Waals surface area (Å²) in [6.07, 6.45) is 6.67. The van der Waals surface area contributed by atoms with Crippen LogP contribution in [-0.2, 0) is 5.54 Å². The molecule has 8 aromatic carbocycles. The van der Waals surface area contributed by atoms with E-state index in [0.717, 1.165) is 11.8 Å². The maximum Gasteiger partial charge on any atom is 0.179 e. The van der Waals surface area contributed by atoms with Gasteiger partial charge in [0.05, 0.1) is 27.6 Å². The fourth-order valence-electron chi connectivity index (χ4n) is 13.7. The van der Waals surface area contributed by atoms with Gasteiger partial charge in [0.1, 0.15) is 0 Å². The molecule has 0 N–H and O–H groups in total. The third kappa shape index (κ3) is 4.90. The van der Waals surface area contributed by atoms with E-state index in [1.807, 2.05) is 0 Å². The van der Waals surface area contributed by atoms with Gasteiger partial charge in [0.15, 0.2) is 8.07 Å². The maximum absolute atomic E-state index is 2.92. The summed E-state index contributed by atoms with van der Waals surface area (Å²) in [7, 11) is -2.68. The van der Waals surface area contributed by atoms with Crippen LogP contribution in [0.4, 0.5) is 0 Å². The monoisotopic (exact) mass is 800 g/mol. The standard InChI is InChI=1S/C58H48N2Si/c1-5-17-45(18-6-1)59-53-27-15-13-25-50(53)51-33-34-55-56(57(51)59)52-26-14-16-28-54(52)60(55)58(43-36-40-35-41(38-43)39-44(58)37-40)42-29-31-49(32-30-42)61(46-19-7-2-8-20-46,47-21-9-3-10-22-47)48-23-11-4-12-24-48/h1-34,40-41,43-44H,35-39H2. The van der Waals surface area contributed by atoms with Gasteiger partial charge in [-0.1, -0.05) is 176 Å². The summed E-state index contributed by atoms with van der Waals surface area (Å²) >= 11 is 0. The molecule has 0 unspecified atom stereocenters. The van der Waals surface area contributed by atoms with E-state index in [1.165, 1.54) is 108 Å².